The molecular weight excluding hydrogens is 144 g/mol. The minimum Gasteiger partial charge on any atom is -0.0952 e. The molecule has 2 rings (SSSR count). The normalized spacial score (nSPS) is 22.8. The third-order valence-electron chi connectivity index (χ3n) is 3.11. The highest BCUT2D eigenvalue weighted by molar-refractivity contribution is 5.63. The SMILES string of the molecule is C=C1CC2=C(C)C(=C)CC2=C1C. The Labute approximate surface area is 74.0 Å². The Hall–Kier alpha value is -1.04. The average Bonchev–Trinajstić information content (AvgIpc) is 2.43. The Morgan fingerprint density at radius 1 is 0.833 bits per heavy atom. The fraction of sp³-hybridized carbons (Fsp3) is 0.333. The van der Waals surface area contributed by atoms with E-state index < -0.39 is 0 Å². The van der Waals surface area contributed by atoms with Crippen molar-refractivity contribution in [3.63, 3.8) is 0 Å². The summed E-state index contributed by atoms with van der Waals surface area (Å²) in [4.78, 5) is 0. The van der Waals surface area contributed by atoms with Crippen LogP contribution in [-0.4, -0.2) is 0 Å². The van der Waals surface area contributed by atoms with Crippen LogP contribution in [0.15, 0.2) is 46.6 Å². The summed E-state index contributed by atoms with van der Waals surface area (Å²) in [5.41, 5.74) is 8.41. The molecule has 0 spiro atoms. The summed E-state index contributed by atoms with van der Waals surface area (Å²) < 4.78 is 0. The molecule has 0 atom stereocenters. The van der Waals surface area contributed by atoms with E-state index in [1.165, 1.54) is 33.4 Å². The van der Waals surface area contributed by atoms with Crippen molar-refractivity contribution < 1.29 is 0 Å². The molecule has 0 nitrogen and oxygen atoms in total. The fourth-order valence-electron chi connectivity index (χ4n) is 2.05. The van der Waals surface area contributed by atoms with E-state index in [-0.39, 0.29) is 0 Å². The lowest BCUT2D eigenvalue weighted by atomic mass is 10.1. The summed E-state index contributed by atoms with van der Waals surface area (Å²) in [5.74, 6) is 0. The van der Waals surface area contributed by atoms with Gasteiger partial charge in [-0.25, -0.2) is 0 Å². The quantitative estimate of drug-likeness (QED) is 0.506. The van der Waals surface area contributed by atoms with E-state index in [1.807, 2.05) is 0 Å². The van der Waals surface area contributed by atoms with Crippen LogP contribution in [-0.2, 0) is 0 Å². The first-order chi connectivity index (χ1) is 5.61. The molecule has 0 radical (unpaired) electrons. The minimum atomic E-state index is 1.06. The maximum Gasteiger partial charge on any atom is -0.00232 e. The molecule has 0 aliphatic heterocycles. The summed E-state index contributed by atoms with van der Waals surface area (Å²) in [6.07, 6.45) is 2.12. The molecule has 0 N–H and O–H groups in total. The minimum absolute atomic E-state index is 1.06. The highest BCUT2D eigenvalue weighted by Gasteiger charge is 2.27. The Bertz CT molecular complexity index is 312. The van der Waals surface area contributed by atoms with Crippen molar-refractivity contribution in [2.24, 2.45) is 0 Å². The zero-order valence-electron chi connectivity index (χ0n) is 7.83. The van der Waals surface area contributed by atoms with Gasteiger partial charge in [0.15, 0.2) is 0 Å². The van der Waals surface area contributed by atoms with Gasteiger partial charge < -0.3 is 0 Å². The average molecular weight is 158 g/mol. The van der Waals surface area contributed by atoms with Crippen LogP contribution in [0.3, 0.4) is 0 Å². The van der Waals surface area contributed by atoms with E-state index in [1.54, 1.807) is 0 Å². The molecule has 0 amide bonds. The number of allylic oxidation sites excluding steroid dienone is 6. The molecular formula is C12H14. The molecule has 62 valence electrons. The highest BCUT2D eigenvalue weighted by Crippen LogP contribution is 2.46. The number of hydrogen-bond donors (Lipinski definition) is 0. The van der Waals surface area contributed by atoms with Gasteiger partial charge in [0.25, 0.3) is 0 Å². The van der Waals surface area contributed by atoms with Crippen molar-refractivity contribution >= 4 is 0 Å². The Kier molecular flexibility index (Phi) is 1.41. The van der Waals surface area contributed by atoms with Gasteiger partial charge in [-0.3, -0.25) is 0 Å². The van der Waals surface area contributed by atoms with E-state index in [9.17, 15) is 0 Å². The van der Waals surface area contributed by atoms with Crippen molar-refractivity contribution in [3.8, 4) is 0 Å². The molecule has 0 saturated heterocycles. The number of fused-ring (bicyclic) bond motifs is 1. The van der Waals surface area contributed by atoms with E-state index in [0.717, 1.165) is 12.8 Å². The van der Waals surface area contributed by atoms with Crippen molar-refractivity contribution in [2.75, 3.05) is 0 Å². The van der Waals surface area contributed by atoms with E-state index >= 15 is 0 Å². The molecule has 2 aliphatic rings. The van der Waals surface area contributed by atoms with Crippen molar-refractivity contribution in [1.82, 2.24) is 0 Å². The molecule has 2 aliphatic carbocycles. The maximum atomic E-state index is 4.06. The molecule has 0 heteroatoms. The summed E-state index contributed by atoms with van der Waals surface area (Å²) in [6, 6.07) is 0. The molecule has 0 heterocycles. The first-order valence-electron chi connectivity index (χ1n) is 4.37. The van der Waals surface area contributed by atoms with Crippen LogP contribution in [0.4, 0.5) is 0 Å². The van der Waals surface area contributed by atoms with Gasteiger partial charge in [-0.2, -0.15) is 0 Å². The predicted molar refractivity (Wildman–Crippen MR) is 52.9 cm³/mol. The van der Waals surface area contributed by atoms with Gasteiger partial charge in [-0.05, 0) is 60.1 Å². The fourth-order valence-corrected chi connectivity index (χ4v) is 2.05. The standard InChI is InChI=1S/C12H14/c1-7-5-11-10(4)8(2)6-12(11)9(7)3/h1-2,5-6H2,3-4H3. The van der Waals surface area contributed by atoms with Gasteiger partial charge in [0.2, 0.25) is 0 Å². The second-order valence-corrected chi connectivity index (χ2v) is 3.77. The zero-order valence-corrected chi connectivity index (χ0v) is 7.83. The molecule has 0 bridgehead atoms. The van der Waals surface area contributed by atoms with E-state index in [4.69, 9.17) is 0 Å². The zero-order chi connectivity index (χ0) is 8.88. The van der Waals surface area contributed by atoms with Crippen molar-refractivity contribution in [3.05, 3.63) is 46.6 Å². The van der Waals surface area contributed by atoms with Crippen LogP contribution in [0.5, 0.6) is 0 Å². The maximum absolute atomic E-state index is 4.06. The van der Waals surface area contributed by atoms with Crippen LogP contribution >= 0.6 is 0 Å². The molecule has 12 heavy (non-hydrogen) atoms. The first kappa shape index (κ1) is 7.60. The van der Waals surface area contributed by atoms with Crippen molar-refractivity contribution in [1.29, 1.82) is 0 Å². The second-order valence-electron chi connectivity index (χ2n) is 3.77. The van der Waals surface area contributed by atoms with Gasteiger partial charge in [0.1, 0.15) is 0 Å². The summed E-state index contributed by atoms with van der Waals surface area (Å²) in [5, 5.41) is 0. The summed E-state index contributed by atoms with van der Waals surface area (Å²) in [6.45, 7) is 12.5. The van der Waals surface area contributed by atoms with Gasteiger partial charge in [-0.15, -0.1) is 0 Å². The molecule has 0 aromatic heterocycles. The van der Waals surface area contributed by atoms with Crippen molar-refractivity contribution in [2.45, 2.75) is 26.7 Å². The Morgan fingerprint density at radius 2 is 1.17 bits per heavy atom. The van der Waals surface area contributed by atoms with Gasteiger partial charge in [0, 0.05) is 0 Å². The van der Waals surface area contributed by atoms with Gasteiger partial charge in [0.05, 0.1) is 0 Å². The lowest BCUT2D eigenvalue weighted by Gasteiger charge is -1.99. The number of rotatable bonds is 0. The number of hydrogen-bond acceptors (Lipinski definition) is 0. The molecule has 0 saturated carbocycles. The molecule has 0 aromatic rings. The van der Waals surface area contributed by atoms with Crippen LogP contribution < -0.4 is 0 Å². The molecule has 0 fully saturated rings. The van der Waals surface area contributed by atoms with E-state index in [2.05, 4.69) is 27.0 Å². The largest absolute Gasteiger partial charge is 0.0952 e. The Balaban J connectivity index is 2.59. The first-order valence-corrected chi connectivity index (χ1v) is 4.37. The third kappa shape index (κ3) is 0.781. The summed E-state index contributed by atoms with van der Waals surface area (Å²) >= 11 is 0. The second kappa shape index (κ2) is 2.22. The van der Waals surface area contributed by atoms with Crippen LogP contribution in [0, 0.1) is 0 Å². The topological polar surface area (TPSA) is 0 Å². The summed E-state index contributed by atoms with van der Waals surface area (Å²) in [7, 11) is 0. The van der Waals surface area contributed by atoms with E-state index in [0.29, 0.717) is 0 Å². The predicted octanol–water partition coefficient (Wildman–Crippen LogP) is 3.54. The van der Waals surface area contributed by atoms with Gasteiger partial charge >= 0.3 is 0 Å². The smallest absolute Gasteiger partial charge is 0.00232 e. The monoisotopic (exact) mass is 158 g/mol. The van der Waals surface area contributed by atoms with Crippen LogP contribution in [0.1, 0.15) is 26.7 Å². The van der Waals surface area contributed by atoms with Crippen LogP contribution in [0.2, 0.25) is 0 Å². The Morgan fingerprint density at radius 3 is 1.50 bits per heavy atom. The molecule has 0 unspecified atom stereocenters. The van der Waals surface area contributed by atoms with Crippen LogP contribution in [0.25, 0.3) is 0 Å². The third-order valence-corrected chi connectivity index (χ3v) is 3.11. The highest BCUT2D eigenvalue weighted by atomic mass is 14.3. The lowest BCUT2D eigenvalue weighted by molar-refractivity contribution is 1.20. The van der Waals surface area contributed by atoms with Gasteiger partial charge in [-0.1, -0.05) is 13.2 Å². The lowest BCUT2D eigenvalue weighted by Crippen LogP contribution is -1.80. The molecule has 0 aromatic carbocycles.